The molecule has 0 aliphatic carbocycles. The van der Waals surface area contributed by atoms with Gasteiger partial charge in [0.1, 0.15) is 0 Å². The molecule has 0 aliphatic heterocycles. The summed E-state index contributed by atoms with van der Waals surface area (Å²) in [7, 11) is 0. The Hall–Kier alpha value is -2.31. The van der Waals surface area contributed by atoms with Crippen LogP contribution < -0.4 is 10.9 Å². The maximum Gasteiger partial charge on any atom is 0.262 e. The van der Waals surface area contributed by atoms with Gasteiger partial charge in [0.25, 0.3) is 5.56 Å². The Kier molecular flexibility index (Phi) is 6.42. The van der Waals surface area contributed by atoms with E-state index in [9.17, 15) is 9.59 Å². The van der Waals surface area contributed by atoms with Crippen molar-refractivity contribution in [2.24, 2.45) is 0 Å². The molecule has 7 heteroatoms. The molecule has 28 heavy (non-hydrogen) atoms. The van der Waals surface area contributed by atoms with E-state index in [1.54, 1.807) is 29.7 Å². The molecule has 0 aliphatic rings. The van der Waals surface area contributed by atoms with Gasteiger partial charge in [0.15, 0.2) is 5.16 Å². The quantitative estimate of drug-likeness (QED) is 0.460. The van der Waals surface area contributed by atoms with E-state index in [1.165, 1.54) is 11.8 Å². The van der Waals surface area contributed by atoms with Gasteiger partial charge in [-0.2, -0.15) is 0 Å². The van der Waals surface area contributed by atoms with E-state index in [0.29, 0.717) is 27.6 Å². The lowest BCUT2D eigenvalue weighted by Gasteiger charge is -2.16. The fourth-order valence-corrected chi connectivity index (χ4v) is 3.96. The molecule has 0 saturated heterocycles. The first-order valence-corrected chi connectivity index (χ1v) is 10.4. The van der Waals surface area contributed by atoms with Crippen molar-refractivity contribution < 1.29 is 4.79 Å². The van der Waals surface area contributed by atoms with Gasteiger partial charge in [-0.3, -0.25) is 14.2 Å². The number of fused-ring (bicyclic) bond motifs is 1. The van der Waals surface area contributed by atoms with Gasteiger partial charge in [0.05, 0.1) is 16.2 Å². The van der Waals surface area contributed by atoms with Gasteiger partial charge >= 0.3 is 0 Å². The van der Waals surface area contributed by atoms with Crippen LogP contribution in [-0.4, -0.2) is 20.7 Å². The lowest BCUT2D eigenvalue weighted by atomic mass is 10.2. The fourth-order valence-electron chi connectivity index (χ4n) is 2.86. The highest BCUT2D eigenvalue weighted by molar-refractivity contribution is 8.00. The minimum atomic E-state index is -0.424. The Morgan fingerprint density at radius 3 is 2.79 bits per heavy atom. The minimum Gasteiger partial charge on any atom is -0.325 e. The summed E-state index contributed by atoms with van der Waals surface area (Å²) in [5.74, 6) is -0.140. The third-order valence-electron chi connectivity index (χ3n) is 4.27. The SMILES string of the molecule is CCCn1c(SC(C)C(=O)Nc2cccc(C)c2)nc2cc(Cl)ccc2c1=O. The van der Waals surface area contributed by atoms with E-state index in [0.717, 1.165) is 17.7 Å². The number of anilines is 1. The van der Waals surface area contributed by atoms with Gasteiger partial charge in [-0.05, 0) is 56.2 Å². The van der Waals surface area contributed by atoms with Crippen LogP contribution in [0, 0.1) is 6.92 Å². The molecule has 1 amide bonds. The van der Waals surface area contributed by atoms with Crippen molar-refractivity contribution in [1.82, 2.24) is 9.55 Å². The Balaban J connectivity index is 1.90. The molecule has 0 radical (unpaired) electrons. The van der Waals surface area contributed by atoms with Crippen LogP contribution in [0.5, 0.6) is 0 Å². The summed E-state index contributed by atoms with van der Waals surface area (Å²) in [5, 5.41) is 4.07. The number of benzene rings is 2. The smallest absolute Gasteiger partial charge is 0.262 e. The van der Waals surface area contributed by atoms with Crippen molar-refractivity contribution in [1.29, 1.82) is 0 Å². The summed E-state index contributed by atoms with van der Waals surface area (Å²) in [6.45, 7) is 6.32. The van der Waals surface area contributed by atoms with Gasteiger partial charge in [-0.25, -0.2) is 4.98 Å². The highest BCUT2D eigenvalue weighted by Gasteiger charge is 2.19. The number of aryl methyl sites for hydroxylation is 1. The molecule has 1 aromatic heterocycles. The van der Waals surface area contributed by atoms with Crippen LogP contribution in [0.1, 0.15) is 25.8 Å². The van der Waals surface area contributed by atoms with Crippen molar-refractivity contribution in [3.63, 3.8) is 0 Å². The molecule has 1 unspecified atom stereocenters. The Morgan fingerprint density at radius 1 is 1.29 bits per heavy atom. The third kappa shape index (κ3) is 4.56. The van der Waals surface area contributed by atoms with Gasteiger partial charge in [0, 0.05) is 17.3 Å². The number of nitrogens with one attached hydrogen (secondary N) is 1. The normalized spacial score (nSPS) is 12.1. The average Bonchev–Trinajstić information content (AvgIpc) is 2.64. The van der Waals surface area contributed by atoms with Crippen molar-refractivity contribution >= 4 is 45.9 Å². The fraction of sp³-hybridized carbons (Fsp3) is 0.286. The monoisotopic (exact) mass is 415 g/mol. The Bertz CT molecular complexity index is 1080. The number of carbonyl (C=O) groups excluding carboxylic acids is 1. The summed E-state index contributed by atoms with van der Waals surface area (Å²) in [6.07, 6.45) is 0.790. The van der Waals surface area contributed by atoms with Crippen LogP contribution in [0.4, 0.5) is 5.69 Å². The molecule has 3 rings (SSSR count). The Morgan fingerprint density at radius 2 is 2.07 bits per heavy atom. The van der Waals surface area contributed by atoms with E-state index in [-0.39, 0.29) is 11.5 Å². The number of amides is 1. The summed E-state index contributed by atoms with van der Waals surface area (Å²) in [4.78, 5) is 30.1. The van der Waals surface area contributed by atoms with E-state index in [4.69, 9.17) is 11.6 Å². The molecule has 0 saturated carbocycles. The lowest BCUT2D eigenvalue weighted by Crippen LogP contribution is -2.27. The number of rotatable bonds is 6. The number of carbonyl (C=O) groups is 1. The van der Waals surface area contributed by atoms with Gasteiger partial charge < -0.3 is 5.32 Å². The summed E-state index contributed by atoms with van der Waals surface area (Å²) >= 11 is 7.34. The average molecular weight is 416 g/mol. The third-order valence-corrected chi connectivity index (χ3v) is 5.59. The number of hydrogen-bond donors (Lipinski definition) is 1. The minimum absolute atomic E-state index is 0.114. The molecular formula is C21H22ClN3O2S. The zero-order valence-corrected chi connectivity index (χ0v) is 17.6. The summed E-state index contributed by atoms with van der Waals surface area (Å²) in [6, 6.07) is 12.7. The molecular weight excluding hydrogens is 394 g/mol. The first-order chi connectivity index (χ1) is 13.4. The van der Waals surface area contributed by atoms with Crippen LogP contribution in [0.15, 0.2) is 52.4 Å². The first kappa shape index (κ1) is 20.4. The van der Waals surface area contributed by atoms with Crippen molar-refractivity contribution in [2.45, 2.75) is 44.1 Å². The predicted octanol–water partition coefficient (Wildman–Crippen LogP) is 4.89. The van der Waals surface area contributed by atoms with Crippen molar-refractivity contribution in [3.8, 4) is 0 Å². The zero-order chi connectivity index (χ0) is 20.3. The van der Waals surface area contributed by atoms with Gasteiger partial charge in [0.2, 0.25) is 5.91 Å². The zero-order valence-electron chi connectivity index (χ0n) is 16.0. The lowest BCUT2D eigenvalue weighted by molar-refractivity contribution is -0.115. The highest BCUT2D eigenvalue weighted by Crippen LogP contribution is 2.25. The number of nitrogens with zero attached hydrogens (tertiary/aromatic N) is 2. The largest absolute Gasteiger partial charge is 0.325 e. The second-order valence-corrected chi connectivity index (χ2v) is 8.38. The molecule has 2 aromatic carbocycles. The second kappa shape index (κ2) is 8.80. The van der Waals surface area contributed by atoms with Crippen LogP contribution in [-0.2, 0) is 11.3 Å². The van der Waals surface area contributed by atoms with Crippen LogP contribution in [0.3, 0.4) is 0 Å². The number of aromatic nitrogens is 2. The van der Waals surface area contributed by atoms with Crippen molar-refractivity contribution in [2.75, 3.05) is 5.32 Å². The predicted molar refractivity (Wildman–Crippen MR) is 116 cm³/mol. The molecule has 0 bridgehead atoms. The molecule has 0 fully saturated rings. The van der Waals surface area contributed by atoms with E-state index < -0.39 is 5.25 Å². The topological polar surface area (TPSA) is 64.0 Å². The number of thioether (sulfide) groups is 1. The number of hydrogen-bond acceptors (Lipinski definition) is 4. The highest BCUT2D eigenvalue weighted by atomic mass is 35.5. The molecule has 1 atom stereocenters. The van der Waals surface area contributed by atoms with E-state index in [1.807, 2.05) is 38.1 Å². The first-order valence-electron chi connectivity index (χ1n) is 9.13. The van der Waals surface area contributed by atoms with Gasteiger partial charge in [-0.1, -0.05) is 42.4 Å². The summed E-state index contributed by atoms with van der Waals surface area (Å²) in [5.41, 5.74) is 2.25. The maximum absolute atomic E-state index is 12.9. The second-order valence-electron chi connectivity index (χ2n) is 6.63. The molecule has 3 aromatic rings. The van der Waals surface area contributed by atoms with E-state index in [2.05, 4.69) is 10.3 Å². The van der Waals surface area contributed by atoms with Crippen LogP contribution >= 0.6 is 23.4 Å². The van der Waals surface area contributed by atoms with E-state index >= 15 is 0 Å². The van der Waals surface area contributed by atoms with Gasteiger partial charge in [-0.15, -0.1) is 0 Å². The van der Waals surface area contributed by atoms with Crippen molar-refractivity contribution in [3.05, 3.63) is 63.4 Å². The Labute approximate surface area is 173 Å². The van der Waals surface area contributed by atoms with Crippen LogP contribution in [0.25, 0.3) is 10.9 Å². The molecule has 1 N–H and O–H groups in total. The van der Waals surface area contributed by atoms with Crippen LogP contribution in [0.2, 0.25) is 5.02 Å². The molecule has 5 nitrogen and oxygen atoms in total. The number of halogens is 1. The molecule has 0 spiro atoms. The molecule has 146 valence electrons. The maximum atomic E-state index is 12.9. The molecule has 1 heterocycles. The standard InChI is InChI=1S/C21H22ClN3O2S/c1-4-10-25-20(27)17-9-8-15(22)12-18(17)24-21(25)28-14(3)19(26)23-16-7-5-6-13(2)11-16/h5-9,11-12,14H,4,10H2,1-3H3,(H,23,26). The summed E-state index contributed by atoms with van der Waals surface area (Å²) < 4.78 is 1.64.